The maximum Gasteiger partial charge on any atom is 0.283 e. The molecule has 1 aromatic heterocycles. The van der Waals surface area contributed by atoms with Crippen LogP contribution < -0.4 is 5.32 Å². The Morgan fingerprint density at radius 3 is 2.73 bits per heavy atom. The Kier molecular flexibility index (Phi) is 5.82. The number of hydrogen-bond donors (Lipinski definition) is 1. The van der Waals surface area contributed by atoms with E-state index in [9.17, 15) is 14.9 Å². The van der Waals surface area contributed by atoms with Gasteiger partial charge in [0.15, 0.2) is 4.34 Å². The lowest BCUT2D eigenvalue weighted by Gasteiger charge is -2.03. The van der Waals surface area contributed by atoms with E-state index in [0.717, 1.165) is 17.4 Å². The van der Waals surface area contributed by atoms with Crippen LogP contribution in [-0.4, -0.2) is 21.0 Å². The van der Waals surface area contributed by atoms with Crippen LogP contribution in [0.4, 0.5) is 10.8 Å². The van der Waals surface area contributed by atoms with E-state index >= 15 is 0 Å². The second kappa shape index (κ2) is 8.26. The van der Waals surface area contributed by atoms with Crippen LogP contribution >= 0.6 is 34.7 Å². The molecule has 0 aliphatic carbocycles. The Bertz CT molecular complexity index is 950. The van der Waals surface area contributed by atoms with E-state index in [0.29, 0.717) is 4.34 Å². The standard InChI is InChI=1S/C16H11ClN4O3S2/c17-11-6-7-12(13(8-11)21(23)24)14(22)18-15-19-20-16(26-15)25-9-10-4-2-1-3-5-10/h1-8H,9H2,(H,18,19,22). The third kappa shape index (κ3) is 4.57. The number of amides is 1. The minimum absolute atomic E-state index is 0.0897. The SMILES string of the molecule is O=C(Nc1nnc(SCc2ccccc2)s1)c1ccc(Cl)cc1[N+](=O)[O-]. The summed E-state index contributed by atoms with van der Waals surface area (Å²) in [6.45, 7) is 0. The molecule has 0 aliphatic heterocycles. The molecule has 0 atom stereocenters. The second-order valence-corrected chi connectivity index (χ2v) is 7.66. The number of carbonyl (C=O) groups is 1. The quantitative estimate of drug-likeness (QED) is 0.277. The van der Waals surface area contributed by atoms with Gasteiger partial charge in [0.1, 0.15) is 5.56 Å². The average Bonchev–Trinajstić information content (AvgIpc) is 3.08. The molecule has 7 nitrogen and oxygen atoms in total. The lowest BCUT2D eigenvalue weighted by atomic mass is 10.1. The molecule has 3 rings (SSSR count). The van der Waals surface area contributed by atoms with E-state index in [1.54, 1.807) is 0 Å². The van der Waals surface area contributed by atoms with Crippen LogP contribution in [0.2, 0.25) is 5.02 Å². The van der Waals surface area contributed by atoms with Gasteiger partial charge < -0.3 is 0 Å². The molecule has 0 radical (unpaired) electrons. The Hall–Kier alpha value is -2.49. The van der Waals surface area contributed by atoms with Crippen LogP contribution in [0, 0.1) is 10.1 Å². The molecule has 1 heterocycles. The van der Waals surface area contributed by atoms with Crippen LogP contribution in [0.5, 0.6) is 0 Å². The minimum atomic E-state index is -0.651. The molecule has 3 aromatic rings. The fourth-order valence-corrected chi connectivity index (χ4v) is 3.92. The molecule has 10 heteroatoms. The summed E-state index contributed by atoms with van der Waals surface area (Å²) in [6, 6.07) is 13.8. The first kappa shape index (κ1) is 18.3. The molecular weight excluding hydrogens is 396 g/mol. The van der Waals surface area contributed by atoms with Crippen LogP contribution in [-0.2, 0) is 5.75 Å². The number of anilines is 1. The fourth-order valence-electron chi connectivity index (χ4n) is 2.05. The summed E-state index contributed by atoms with van der Waals surface area (Å²) in [5.41, 5.74) is 0.696. The molecule has 132 valence electrons. The molecule has 1 amide bonds. The molecule has 0 saturated carbocycles. The first-order valence-corrected chi connectivity index (χ1v) is 9.46. The summed E-state index contributed by atoms with van der Waals surface area (Å²) in [5.74, 6) is 0.0932. The fraction of sp³-hybridized carbons (Fsp3) is 0.0625. The number of nitrogens with one attached hydrogen (secondary N) is 1. The van der Waals surface area contributed by atoms with Gasteiger partial charge in [0.05, 0.1) is 4.92 Å². The summed E-state index contributed by atoms with van der Waals surface area (Å²) in [6.07, 6.45) is 0. The van der Waals surface area contributed by atoms with E-state index < -0.39 is 10.8 Å². The number of nitro benzene ring substituents is 1. The van der Waals surface area contributed by atoms with Crippen LogP contribution in [0.25, 0.3) is 0 Å². The van der Waals surface area contributed by atoms with Gasteiger partial charge in [-0.05, 0) is 17.7 Å². The Balaban J connectivity index is 1.67. The highest BCUT2D eigenvalue weighted by atomic mass is 35.5. The molecule has 0 aliphatic rings. The van der Waals surface area contributed by atoms with Gasteiger partial charge >= 0.3 is 0 Å². The van der Waals surface area contributed by atoms with Crippen molar-refractivity contribution in [2.24, 2.45) is 0 Å². The van der Waals surface area contributed by atoms with Crippen molar-refractivity contribution >= 4 is 51.4 Å². The van der Waals surface area contributed by atoms with Crippen molar-refractivity contribution in [3.63, 3.8) is 0 Å². The average molecular weight is 407 g/mol. The topological polar surface area (TPSA) is 98.0 Å². The summed E-state index contributed by atoms with van der Waals surface area (Å²) in [5, 5.41) is 22.0. The summed E-state index contributed by atoms with van der Waals surface area (Å²) in [4.78, 5) is 22.8. The number of benzene rings is 2. The summed E-state index contributed by atoms with van der Waals surface area (Å²) in [7, 11) is 0. The van der Waals surface area contributed by atoms with Crippen molar-refractivity contribution in [3.8, 4) is 0 Å². The van der Waals surface area contributed by atoms with Gasteiger partial charge in [0.25, 0.3) is 11.6 Å². The third-order valence-corrected chi connectivity index (χ3v) is 5.51. The molecule has 26 heavy (non-hydrogen) atoms. The molecule has 0 spiro atoms. The van der Waals surface area contributed by atoms with Gasteiger partial charge in [-0.15, -0.1) is 10.2 Å². The monoisotopic (exact) mass is 406 g/mol. The maximum absolute atomic E-state index is 12.3. The summed E-state index contributed by atoms with van der Waals surface area (Å²) < 4.78 is 0.690. The zero-order chi connectivity index (χ0) is 18.5. The smallest absolute Gasteiger partial charge is 0.283 e. The zero-order valence-corrected chi connectivity index (χ0v) is 15.5. The number of nitro groups is 1. The Labute approximate surface area is 161 Å². The van der Waals surface area contributed by atoms with E-state index in [1.165, 1.54) is 35.2 Å². The van der Waals surface area contributed by atoms with Crippen LogP contribution in [0.3, 0.4) is 0 Å². The molecule has 0 saturated heterocycles. The molecule has 2 aromatic carbocycles. The highest BCUT2D eigenvalue weighted by molar-refractivity contribution is 8.00. The van der Waals surface area contributed by atoms with Crippen molar-refractivity contribution < 1.29 is 9.72 Å². The van der Waals surface area contributed by atoms with E-state index in [-0.39, 0.29) is 21.4 Å². The normalized spacial score (nSPS) is 10.5. The predicted molar refractivity (Wildman–Crippen MR) is 102 cm³/mol. The number of thioether (sulfide) groups is 1. The van der Waals surface area contributed by atoms with Gasteiger partial charge in [-0.2, -0.15) is 0 Å². The predicted octanol–water partition coefficient (Wildman–Crippen LogP) is 4.64. The highest BCUT2D eigenvalue weighted by Crippen LogP contribution is 2.29. The number of carbonyl (C=O) groups excluding carboxylic acids is 1. The maximum atomic E-state index is 12.3. The number of hydrogen-bond acceptors (Lipinski definition) is 7. The van der Waals surface area contributed by atoms with Crippen molar-refractivity contribution in [1.82, 2.24) is 10.2 Å². The largest absolute Gasteiger partial charge is 0.296 e. The van der Waals surface area contributed by atoms with Crippen LogP contribution in [0.15, 0.2) is 52.9 Å². The highest BCUT2D eigenvalue weighted by Gasteiger charge is 2.21. The minimum Gasteiger partial charge on any atom is -0.296 e. The first-order valence-electron chi connectivity index (χ1n) is 7.28. The number of aromatic nitrogens is 2. The number of halogens is 1. The third-order valence-electron chi connectivity index (χ3n) is 3.23. The Morgan fingerprint density at radius 1 is 1.23 bits per heavy atom. The Morgan fingerprint density at radius 2 is 2.00 bits per heavy atom. The van der Waals surface area contributed by atoms with Gasteiger partial charge in [-0.3, -0.25) is 20.2 Å². The van der Waals surface area contributed by atoms with Gasteiger partial charge in [0, 0.05) is 16.8 Å². The van der Waals surface area contributed by atoms with Crippen LogP contribution in [0.1, 0.15) is 15.9 Å². The molecule has 0 fully saturated rings. The molecule has 1 N–H and O–H groups in total. The van der Waals surface area contributed by atoms with Crippen molar-refractivity contribution in [2.75, 3.05) is 5.32 Å². The lowest BCUT2D eigenvalue weighted by molar-refractivity contribution is -0.385. The molecular formula is C16H11ClN4O3S2. The number of rotatable bonds is 6. The van der Waals surface area contributed by atoms with Crippen molar-refractivity contribution in [3.05, 3.63) is 74.8 Å². The van der Waals surface area contributed by atoms with Gasteiger partial charge in [-0.25, -0.2) is 0 Å². The first-order chi connectivity index (χ1) is 12.5. The van der Waals surface area contributed by atoms with Gasteiger partial charge in [-0.1, -0.05) is 65.0 Å². The molecule has 0 bridgehead atoms. The van der Waals surface area contributed by atoms with Gasteiger partial charge in [0.2, 0.25) is 5.13 Å². The van der Waals surface area contributed by atoms with Crippen molar-refractivity contribution in [2.45, 2.75) is 10.1 Å². The summed E-state index contributed by atoms with van der Waals surface area (Å²) >= 11 is 8.46. The van der Waals surface area contributed by atoms with E-state index in [1.807, 2.05) is 30.3 Å². The zero-order valence-electron chi connectivity index (χ0n) is 13.1. The lowest BCUT2D eigenvalue weighted by Crippen LogP contribution is -2.13. The van der Waals surface area contributed by atoms with Crippen molar-refractivity contribution in [1.29, 1.82) is 0 Å². The second-order valence-electron chi connectivity index (χ2n) is 5.02. The van der Waals surface area contributed by atoms with E-state index in [2.05, 4.69) is 15.5 Å². The number of nitrogens with zero attached hydrogens (tertiary/aromatic N) is 3. The van der Waals surface area contributed by atoms with E-state index in [4.69, 9.17) is 11.6 Å². The molecule has 0 unspecified atom stereocenters.